The second-order valence-corrected chi connectivity index (χ2v) is 6.02. The molecule has 21 heavy (non-hydrogen) atoms. The number of aryl methyl sites for hydroxylation is 1. The highest BCUT2D eigenvalue weighted by atomic mass is 35.5. The molecule has 2 aromatic rings. The molecule has 1 aliphatic rings. The average molecular weight is 303 g/mol. The molecule has 0 saturated heterocycles. The van der Waals surface area contributed by atoms with E-state index in [1.54, 1.807) is 7.11 Å². The van der Waals surface area contributed by atoms with E-state index in [-0.39, 0.29) is 12.0 Å². The molecule has 2 aromatic carbocycles. The summed E-state index contributed by atoms with van der Waals surface area (Å²) in [4.78, 5) is 0. The molecule has 3 rings (SSSR count). The molecule has 110 valence electrons. The van der Waals surface area contributed by atoms with Crippen LogP contribution in [0.15, 0.2) is 42.5 Å². The number of fused-ring (bicyclic) bond motifs is 1. The van der Waals surface area contributed by atoms with Gasteiger partial charge in [-0.2, -0.15) is 0 Å². The van der Waals surface area contributed by atoms with Crippen LogP contribution >= 0.6 is 11.6 Å². The number of rotatable bonds is 4. The van der Waals surface area contributed by atoms with Crippen LogP contribution in [0.2, 0.25) is 5.02 Å². The minimum Gasteiger partial charge on any atom is -0.497 e. The van der Waals surface area contributed by atoms with E-state index in [4.69, 9.17) is 16.3 Å². The first-order valence-corrected chi connectivity index (χ1v) is 7.62. The summed E-state index contributed by atoms with van der Waals surface area (Å²) in [6.45, 7) is 0.175. The van der Waals surface area contributed by atoms with E-state index < -0.39 is 0 Å². The first kappa shape index (κ1) is 14.4. The zero-order chi connectivity index (χ0) is 14.9. The Kier molecular flexibility index (Phi) is 3.92. The molecule has 0 amide bonds. The number of halogens is 1. The Morgan fingerprint density at radius 3 is 2.62 bits per heavy atom. The zero-order valence-electron chi connectivity index (χ0n) is 12.1. The first-order valence-electron chi connectivity index (χ1n) is 7.24. The second-order valence-electron chi connectivity index (χ2n) is 5.59. The summed E-state index contributed by atoms with van der Waals surface area (Å²) >= 11 is 6.11. The summed E-state index contributed by atoms with van der Waals surface area (Å²) in [7, 11) is 1.67. The van der Waals surface area contributed by atoms with E-state index in [1.165, 1.54) is 16.7 Å². The van der Waals surface area contributed by atoms with Crippen LogP contribution in [-0.4, -0.2) is 18.8 Å². The summed E-state index contributed by atoms with van der Waals surface area (Å²) in [6.07, 6.45) is 2.74. The molecule has 1 unspecified atom stereocenters. The number of methoxy groups -OCH3 is 1. The van der Waals surface area contributed by atoms with Gasteiger partial charge in [-0.1, -0.05) is 29.8 Å². The quantitative estimate of drug-likeness (QED) is 0.926. The number of aliphatic hydroxyl groups excluding tert-OH is 1. The molecular formula is C18H19ClO2. The van der Waals surface area contributed by atoms with Crippen LogP contribution in [0.25, 0.3) is 0 Å². The third kappa shape index (κ3) is 2.43. The second kappa shape index (κ2) is 5.70. The van der Waals surface area contributed by atoms with Gasteiger partial charge in [0.25, 0.3) is 0 Å². The topological polar surface area (TPSA) is 29.5 Å². The highest BCUT2D eigenvalue weighted by Gasteiger charge is 2.39. The molecule has 0 radical (unpaired) electrons. The van der Waals surface area contributed by atoms with Crippen molar-refractivity contribution >= 4 is 11.6 Å². The van der Waals surface area contributed by atoms with Crippen LogP contribution in [0.5, 0.6) is 5.75 Å². The van der Waals surface area contributed by atoms with Gasteiger partial charge in [0.15, 0.2) is 0 Å². The SMILES string of the molecule is COc1ccc(C2(CCO)CCc3cc(Cl)ccc32)cc1. The molecule has 1 N–H and O–H groups in total. The van der Waals surface area contributed by atoms with Crippen molar-refractivity contribution in [3.63, 3.8) is 0 Å². The minimum absolute atomic E-state index is 0.110. The summed E-state index contributed by atoms with van der Waals surface area (Å²) in [5.74, 6) is 0.854. The Bertz CT molecular complexity index is 636. The lowest BCUT2D eigenvalue weighted by molar-refractivity contribution is 0.252. The summed E-state index contributed by atoms with van der Waals surface area (Å²) in [5, 5.41) is 10.4. The number of hydrogen-bond donors (Lipinski definition) is 1. The van der Waals surface area contributed by atoms with Gasteiger partial charge in [0, 0.05) is 17.0 Å². The molecule has 2 nitrogen and oxygen atoms in total. The van der Waals surface area contributed by atoms with Crippen LogP contribution < -0.4 is 4.74 Å². The lowest BCUT2D eigenvalue weighted by Gasteiger charge is -2.31. The number of aliphatic hydroxyl groups is 1. The van der Waals surface area contributed by atoms with Crippen LogP contribution in [0, 0.1) is 0 Å². The van der Waals surface area contributed by atoms with E-state index >= 15 is 0 Å². The normalized spacial score (nSPS) is 20.3. The number of hydrogen-bond acceptors (Lipinski definition) is 2. The van der Waals surface area contributed by atoms with Gasteiger partial charge in [-0.3, -0.25) is 0 Å². The van der Waals surface area contributed by atoms with Crippen LogP contribution in [-0.2, 0) is 11.8 Å². The lowest BCUT2D eigenvalue weighted by Crippen LogP contribution is -2.26. The van der Waals surface area contributed by atoms with E-state index in [0.29, 0.717) is 0 Å². The standard InChI is InChI=1S/C18H19ClO2/c1-21-16-5-2-14(3-6-16)18(10-11-20)9-8-13-12-15(19)4-7-17(13)18/h2-7,12,20H,8-11H2,1H3. The van der Waals surface area contributed by atoms with Gasteiger partial charge in [-0.25, -0.2) is 0 Å². The molecule has 0 heterocycles. The van der Waals surface area contributed by atoms with E-state index in [2.05, 4.69) is 24.3 Å². The largest absolute Gasteiger partial charge is 0.497 e. The average Bonchev–Trinajstić information content (AvgIpc) is 2.87. The zero-order valence-corrected chi connectivity index (χ0v) is 12.9. The Morgan fingerprint density at radius 2 is 1.95 bits per heavy atom. The molecule has 0 aromatic heterocycles. The smallest absolute Gasteiger partial charge is 0.118 e. The van der Waals surface area contributed by atoms with Crippen molar-refractivity contribution in [3.8, 4) is 5.75 Å². The van der Waals surface area contributed by atoms with Crippen LogP contribution in [0.3, 0.4) is 0 Å². The fourth-order valence-electron chi connectivity index (χ4n) is 3.52. The van der Waals surface area contributed by atoms with Crippen molar-refractivity contribution in [1.82, 2.24) is 0 Å². The molecular weight excluding hydrogens is 284 g/mol. The molecule has 1 atom stereocenters. The Hall–Kier alpha value is -1.51. The van der Waals surface area contributed by atoms with Gasteiger partial charge < -0.3 is 9.84 Å². The van der Waals surface area contributed by atoms with E-state index in [9.17, 15) is 5.11 Å². The maximum absolute atomic E-state index is 9.58. The summed E-state index contributed by atoms with van der Waals surface area (Å²) in [5.41, 5.74) is 3.72. The molecule has 1 aliphatic carbocycles. The van der Waals surface area contributed by atoms with Crippen LogP contribution in [0.4, 0.5) is 0 Å². The van der Waals surface area contributed by atoms with Gasteiger partial charge in [0.05, 0.1) is 7.11 Å². The van der Waals surface area contributed by atoms with Crippen molar-refractivity contribution in [2.45, 2.75) is 24.7 Å². The van der Waals surface area contributed by atoms with E-state index in [0.717, 1.165) is 30.0 Å². The molecule has 0 spiro atoms. The third-order valence-electron chi connectivity index (χ3n) is 4.59. The fourth-order valence-corrected chi connectivity index (χ4v) is 3.72. The number of ether oxygens (including phenoxy) is 1. The highest BCUT2D eigenvalue weighted by molar-refractivity contribution is 6.30. The Morgan fingerprint density at radius 1 is 1.19 bits per heavy atom. The molecule has 0 saturated carbocycles. The van der Waals surface area contributed by atoms with Crippen molar-refractivity contribution in [2.24, 2.45) is 0 Å². The Balaban J connectivity index is 2.09. The van der Waals surface area contributed by atoms with Gasteiger partial charge in [-0.05, 0) is 60.2 Å². The van der Waals surface area contributed by atoms with Crippen molar-refractivity contribution in [2.75, 3.05) is 13.7 Å². The van der Waals surface area contributed by atoms with Crippen molar-refractivity contribution < 1.29 is 9.84 Å². The molecule has 3 heteroatoms. The van der Waals surface area contributed by atoms with Crippen LogP contribution in [0.1, 0.15) is 29.5 Å². The van der Waals surface area contributed by atoms with Gasteiger partial charge in [0.1, 0.15) is 5.75 Å². The van der Waals surface area contributed by atoms with Crippen molar-refractivity contribution in [3.05, 3.63) is 64.2 Å². The predicted octanol–water partition coefficient (Wildman–Crippen LogP) is 3.96. The predicted molar refractivity (Wildman–Crippen MR) is 85.2 cm³/mol. The maximum atomic E-state index is 9.58. The molecule has 0 aliphatic heterocycles. The monoisotopic (exact) mass is 302 g/mol. The van der Waals surface area contributed by atoms with Gasteiger partial charge in [0.2, 0.25) is 0 Å². The van der Waals surface area contributed by atoms with E-state index in [1.807, 2.05) is 18.2 Å². The Labute approximate surface area is 130 Å². The number of benzene rings is 2. The lowest BCUT2D eigenvalue weighted by atomic mass is 9.73. The van der Waals surface area contributed by atoms with Crippen molar-refractivity contribution in [1.29, 1.82) is 0 Å². The minimum atomic E-state index is -0.110. The maximum Gasteiger partial charge on any atom is 0.118 e. The molecule has 0 bridgehead atoms. The van der Waals surface area contributed by atoms with Gasteiger partial charge >= 0.3 is 0 Å². The fraction of sp³-hybridized carbons (Fsp3) is 0.333. The summed E-state index contributed by atoms with van der Waals surface area (Å²) in [6, 6.07) is 14.3. The highest BCUT2D eigenvalue weighted by Crippen LogP contribution is 2.47. The van der Waals surface area contributed by atoms with Gasteiger partial charge in [-0.15, -0.1) is 0 Å². The summed E-state index contributed by atoms with van der Waals surface area (Å²) < 4.78 is 5.24. The first-order chi connectivity index (χ1) is 10.2. The third-order valence-corrected chi connectivity index (χ3v) is 4.82. The molecule has 0 fully saturated rings.